The summed E-state index contributed by atoms with van der Waals surface area (Å²) in [5, 5.41) is 8.86. The van der Waals surface area contributed by atoms with E-state index in [-0.39, 0.29) is 6.42 Å². The standard InChI is InChI=1S/C9H12O5/c1-13-8(10)5-6(9(11)12)7-3-2-4-14-7/h2-3,6-7H,4-5H2,1H3,(H,11,12). The third-order valence-corrected chi connectivity index (χ3v) is 2.04. The molecule has 0 aliphatic carbocycles. The van der Waals surface area contributed by atoms with Crippen molar-refractivity contribution in [2.45, 2.75) is 12.5 Å². The highest BCUT2D eigenvalue weighted by Crippen LogP contribution is 2.18. The number of carbonyl (C=O) groups is 2. The van der Waals surface area contributed by atoms with Crippen LogP contribution in [0.25, 0.3) is 0 Å². The number of hydrogen-bond donors (Lipinski definition) is 1. The number of aliphatic carboxylic acids is 1. The Labute approximate surface area is 81.3 Å². The van der Waals surface area contributed by atoms with Crippen LogP contribution in [0.4, 0.5) is 0 Å². The molecule has 78 valence electrons. The van der Waals surface area contributed by atoms with Gasteiger partial charge in [-0.2, -0.15) is 0 Å². The summed E-state index contributed by atoms with van der Waals surface area (Å²) in [5.74, 6) is -2.45. The van der Waals surface area contributed by atoms with E-state index >= 15 is 0 Å². The van der Waals surface area contributed by atoms with Crippen molar-refractivity contribution < 1.29 is 24.2 Å². The van der Waals surface area contributed by atoms with Crippen LogP contribution in [0.15, 0.2) is 12.2 Å². The number of rotatable bonds is 4. The van der Waals surface area contributed by atoms with Crippen molar-refractivity contribution in [3.63, 3.8) is 0 Å². The predicted octanol–water partition coefficient (Wildman–Crippen LogP) is 0.205. The molecule has 0 bridgehead atoms. The van der Waals surface area contributed by atoms with E-state index in [4.69, 9.17) is 9.84 Å². The molecule has 0 aromatic heterocycles. The van der Waals surface area contributed by atoms with E-state index in [1.54, 1.807) is 12.2 Å². The molecule has 0 fully saturated rings. The minimum Gasteiger partial charge on any atom is -0.481 e. The fourth-order valence-electron chi connectivity index (χ4n) is 1.27. The molecule has 5 nitrogen and oxygen atoms in total. The van der Waals surface area contributed by atoms with Crippen molar-refractivity contribution in [2.75, 3.05) is 13.7 Å². The van der Waals surface area contributed by atoms with Crippen LogP contribution in [-0.4, -0.2) is 36.9 Å². The fourth-order valence-corrected chi connectivity index (χ4v) is 1.27. The number of ether oxygens (including phenoxy) is 2. The van der Waals surface area contributed by atoms with Crippen LogP contribution in [0, 0.1) is 5.92 Å². The van der Waals surface area contributed by atoms with Crippen LogP contribution in [0.2, 0.25) is 0 Å². The van der Waals surface area contributed by atoms with Gasteiger partial charge in [-0.3, -0.25) is 9.59 Å². The molecule has 1 aliphatic rings. The lowest BCUT2D eigenvalue weighted by atomic mass is 9.99. The monoisotopic (exact) mass is 200 g/mol. The number of methoxy groups -OCH3 is 1. The molecule has 0 aromatic rings. The zero-order chi connectivity index (χ0) is 10.6. The Balaban J connectivity index is 2.59. The number of hydrogen-bond acceptors (Lipinski definition) is 4. The lowest BCUT2D eigenvalue weighted by Crippen LogP contribution is -2.29. The van der Waals surface area contributed by atoms with Gasteiger partial charge in [-0.1, -0.05) is 12.2 Å². The molecular weight excluding hydrogens is 188 g/mol. The van der Waals surface area contributed by atoms with Gasteiger partial charge in [-0.05, 0) is 0 Å². The van der Waals surface area contributed by atoms with E-state index in [0.29, 0.717) is 6.61 Å². The van der Waals surface area contributed by atoms with Crippen LogP contribution >= 0.6 is 0 Å². The van der Waals surface area contributed by atoms with Gasteiger partial charge in [0.25, 0.3) is 0 Å². The van der Waals surface area contributed by atoms with Gasteiger partial charge in [0.15, 0.2) is 0 Å². The molecule has 0 spiro atoms. The van der Waals surface area contributed by atoms with Crippen molar-refractivity contribution in [2.24, 2.45) is 5.92 Å². The molecule has 1 N–H and O–H groups in total. The summed E-state index contributed by atoms with van der Waals surface area (Å²) < 4.78 is 9.53. The van der Waals surface area contributed by atoms with Crippen molar-refractivity contribution >= 4 is 11.9 Å². The Morgan fingerprint density at radius 2 is 2.43 bits per heavy atom. The molecule has 2 unspecified atom stereocenters. The van der Waals surface area contributed by atoms with Gasteiger partial charge >= 0.3 is 11.9 Å². The summed E-state index contributed by atoms with van der Waals surface area (Å²) in [4.78, 5) is 21.7. The van der Waals surface area contributed by atoms with Gasteiger partial charge in [0.1, 0.15) is 0 Å². The normalized spacial score (nSPS) is 21.9. The van der Waals surface area contributed by atoms with Crippen LogP contribution in [0.5, 0.6) is 0 Å². The highest BCUT2D eigenvalue weighted by molar-refractivity contribution is 5.79. The second-order valence-corrected chi connectivity index (χ2v) is 2.95. The minimum atomic E-state index is -1.05. The largest absolute Gasteiger partial charge is 0.481 e. The summed E-state index contributed by atoms with van der Waals surface area (Å²) in [6.45, 7) is 0.398. The number of carbonyl (C=O) groups excluding carboxylic acids is 1. The van der Waals surface area contributed by atoms with Crippen molar-refractivity contribution in [3.05, 3.63) is 12.2 Å². The molecule has 5 heteroatoms. The Bertz CT molecular complexity index is 258. The zero-order valence-corrected chi connectivity index (χ0v) is 7.80. The highest BCUT2D eigenvalue weighted by atomic mass is 16.5. The SMILES string of the molecule is COC(=O)CC(C(=O)O)C1C=CCO1. The van der Waals surface area contributed by atoms with Crippen molar-refractivity contribution in [1.29, 1.82) is 0 Å². The van der Waals surface area contributed by atoms with Crippen LogP contribution in [0.1, 0.15) is 6.42 Å². The number of esters is 1. The molecule has 0 saturated carbocycles. The predicted molar refractivity (Wildman–Crippen MR) is 46.6 cm³/mol. The molecule has 0 aromatic carbocycles. The maximum atomic E-state index is 10.9. The Morgan fingerprint density at radius 3 is 2.86 bits per heavy atom. The highest BCUT2D eigenvalue weighted by Gasteiger charge is 2.31. The van der Waals surface area contributed by atoms with E-state index in [1.165, 1.54) is 7.11 Å². The van der Waals surface area contributed by atoms with E-state index in [2.05, 4.69) is 4.74 Å². The summed E-state index contributed by atoms with van der Waals surface area (Å²) in [7, 11) is 1.23. The third-order valence-electron chi connectivity index (χ3n) is 2.04. The molecule has 1 rings (SSSR count). The third kappa shape index (κ3) is 2.56. The topological polar surface area (TPSA) is 72.8 Å². The van der Waals surface area contributed by atoms with Crippen molar-refractivity contribution in [3.8, 4) is 0 Å². The Kier molecular flexibility index (Phi) is 3.64. The lowest BCUT2D eigenvalue weighted by Gasteiger charge is -2.16. The molecule has 2 atom stereocenters. The van der Waals surface area contributed by atoms with Crippen molar-refractivity contribution in [1.82, 2.24) is 0 Å². The first-order valence-corrected chi connectivity index (χ1v) is 4.23. The maximum Gasteiger partial charge on any atom is 0.310 e. The van der Waals surface area contributed by atoms with Crippen LogP contribution in [-0.2, 0) is 19.1 Å². The molecule has 1 aliphatic heterocycles. The first-order valence-electron chi connectivity index (χ1n) is 4.23. The van der Waals surface area contributed by atoms with Gasteiger partial charge in [-0.25, -0.2) is 0 Å². The molecule has 0 radical (unpaired) electrons. The summed E-state index contributed by atoms with van der Waals surface area (Å²) >= 11 is 0. The van der Waals surface area contributed by atoms with Gasteiger partial charge in [0, 0.05) is 0 Å². The Hall–Kier alpha value is -1.36. The number of carboxylic acid groups (broad SMARTS) is 1. The molecule has 0 amide bonds. The lowest BCUT2D eigenvalue weighted by molar-refractivity contribution is -0.153. The fraction of sp³-hybridized carbons (Fsp3) is 0.556. The van der Waals surface area contributed by atoms with Gasteiger partial charge < -0.3 is 14.6 Å². The minimum absolute atomic E-state index is 0.166. The molecular formula is C9H12O5. The quantitative estimate of drug-likeness (QED) is 0.518. The van der Waals surface area contributed by atoms with E-state index < -0.39 is 24.0 Å². The average molecular weight is 200 g/mol. The first kappa shape index (κ1) is 10.7. The van der Waals surface area contributed by atoms with E-state index in [0.717, 1.165) is 0 Å². The van der Waals surface area contributed by atoms with Gasteiger partial charge in [-0.15, -0.1) is 0 Å². The summed E-state index contributed by atoms with van der Waals surface area (Å²) in [6.07, 6.45) is 2.70. The average Bonchev–Trinajstić information content (AvgIpc) is 2.65. The second-order valence-electron chi connectivity index (χ2n) is 2.95. The Morgan fingerprint density at radius 1 is 1.71 bits per heavy atom. The zero-order valence-electron chi connectivity index (χ0n) is 7.80. The summed E-state index contributed by atoms with van der Waals surface area (Å²) in [6, 6.07) is 0. The van der Waals surface area contributed by atoms with Gasteiger partial charge in [0.2, 0.25) is 0 Å². The maximum absolute atomic E-state index is 10.9. The van der Waals surface area contributed by atoms with E-state index in [9.17, 15) is 9.59 Å². The van der Waals surface area contributed by atoms with Crippen LogP contribution < -0.4 is 0 Å². The van der Waals surface area contributed by atoms with Crippen LogP contribution in [0.3, 0.4) is 0 Å². The number of carboxylic acids is 1. The smallest absolute Gasteiger partial charge is 0.310 e. The molecule has 1 heterocycles. The summed E-state index contributed by atoms with van der Waals surface area (Å²) in [5.41, 5.74) is 0. The molecule has 0 saturated heterocycles. The first-order chi connectivity index (χ1) is 6.65. The van der Waals surface area contributed by atoms with E-state index in [1.807, 2.05) is 0 Å². The molecule has 14 heavy (non-hydrogen) atoms. The van der Waals surface area contributed by atoms with Gasteiger partial charge in [0.05, 0.1) is 32.2 Å². The second kappa shape index (κ2) is 4.76.